The number of hydrogen-bond acceptors (Lipinski definition) is 5. The number of thiazole rings is 1. The molecule has 1 aromatic heterocycles. The third-order valence-corrected chi connectivity index (χ3v) is 5.96. The Morgan fingerprint density at radius 3 is 2.42 bits per heavy atom. The maximum atomic E-state index is 13.4. The molecule has 0 N–H and O–H groups in total. The number of methoxy groups -OCH3 is 1. The van der Waals surface area contributed by atoms with Crippen LogP contribution in [-0.2, 0) is 6.54 Å². The van der Waals surface area contributed by atoms with Crippen molar-refractivity contribution < 1.29 is 18.3 Å². The normalized spacial score (nSPS) is 14.2. The second-order valence-corrected chi connectivity index (χ2v) is 7.99. The number of nitrogens with zero attached hydrogens (tertiary/aromatic N) is 3. The zero-order chi connectivity index (χ0) is 21.1. The standard InChI is InChI=1S/C22H21F2N3O2S.ClH/c1-29-17-5-2-15(3-6-17)20-14-30-21(25-20)13-26-8-10-27(11-9-26)22(28)16-4-7-18(23)19(24)12-16;/h2-7,12,14H,8-11,13H2,1H3;1H. The molecule has 1 fully saturated rings. The minimum absolute atomic E-state index is 0. The van der Waals surface area contributed by atoms with Crippen molar-refractivity contribution in [1.29, 1.82) is 0 Å². The molecule has 0 atom stereocenters. The second kappa shape index (κ2) is 10.2. The highest BCUT2D eigenvalue weighted by Gasteiger charge is 2.23. The van der Waals surface area contributed by atoms with Gasteiger partial charge >= 0.3 is 0 Å². The van der Waals surface area contributed by atoms with E-state index in [0.29, 0.717) is 32.7 Å². The lowest BCUT2D eigenvalue weighted by Gasteiger charge is -2.34. The molecule has 0 saturated carbocycles. The predicted octanol–water partition coefficient (Wildman–Crippen LogP) is 4.48. The zero-order valence-corrected chi connectivity index (χ0v) is 18.5. The molecule has 164 valence electrons. The Labute approximate surface area is 189 Å². The van der Waals surface area contributed by atoms with Gasteiger partial charge < -0.3 is 9.64 Å². The Bertz CT molecular complexity index is 1040. The van der Waals surface area contributed by atoms with Crippen molar-refractivity contribution in [2.45, 2.75) is 6.54 Å². The third-order valence-electron chi connectivity index (χ3n) is 5.12. The van der Waals surface area contributed by atoms with E-state index in [2.05, 4.69) is 4.90 Å². The molecule has 2 heterocycles. The molecule has 1 aliphatic heterocycles. The Hall–Kier alpha value is -2.55. The minimum Gasteiger partial charge on any atom is -0.497 e. The summed E-state index contributed by atoms with van der Waals surface area (Å²) < 4.78 is 31.7. The summed E-state index contributed by atoms with van der Waals surface area (Å²) in [4.78, 5) is 21.2. The molecule has 5 nitrogen and oxygen atoms in total. The van der Waals surface area contributed by atoms with E-state index in [-0.39, 0.29) is 23.9 Å². The van der Waals surface area contributed by atoms with Crippen LogP contribution in [0.3, 0.4) is 0 Å². The molecule has 4 rings (SSSR count). The molecule has 0 unspecified atom stereocenters. The molecule has 1 saturated heterocycles. The quantitative estimate of drug-likeness (QED) is 0.557. The van der Waals surface area contributed by atoms with E-state index in [1.54, 1.807) is 23.3 Å². The van der Waals surface area contributed by atoms with Crippen molar-refractivity contribution in [3.63, 3.8) is 0 Å². The number of rotatable bonds is 5. The van der Waals surface area contributed by atoms with Crippen LogP contribution >= 0.6 is 23.7 Å². The molecule has 0 bridgehead atoms. The van der Waals surface area contributed by atoms with E-state index in [0.717, 1.165) is 34.1 Å². The van der Waals surface area contributed by atoms with Crippen LogP contribution in [0.2, 0.25) is 0 Å². The molecule has 31 heavy (non-hydrogen) atoms. The van der Waals surface area contributed by atoms with Crippen molar-refractivity contribution in [2.24, 2.45) is 0 Å². The predicted molar refractivity (Wildman–Crippen MR) is 119 cm³/mol. The fourth-order valence-electron chi connectivity index (χ4n) is 3.39. The number of amides is 1. The van der Waals surface area contributed by atoms with Crippen LogP contribution in [0.15, 0.2) is 47.8 Å². The van der Waals surface area contributed by atoms with E-state index < -0.39 is 11.6 Å². The van der Waals surface area contributed by atoms with Gasteiger partial charge in [0.15, 0.2) is 11.6 Å². The molecule has 0 spiro atoms. The Kier molecular flexibility index (Phi) is 7.59. The van der Waals surface area contributed by atoms with Gasteiger partial charge in [-0.15, -0.1) is 23.7 Å². The lowest BCUT2D eigenvalue weighted by atomic mass is 10.1. The Morgan fingerprint density at radius 2 is 1.77 bits per heavy atom. The number of ether oxygens (including phenoxy) is 1. The Balaban J connectivity index is 0.00000272. The first-order valence-corrected chi connectivity index (χ1v) is 10.5. The van der Waals surface area contributed by atoms with E-state index in [1.807, 2.05) is 29.6 Å². The smallest absolute Gasteiger partial charge is 0.254 e. The van der Waals surface area contributed by atoms with E-state index in [4.69, 9.17) is 9.72 Å². The summed E-state index contributed by atoms with van der Waals surface area (Å²) in [6.07, 6.45) is 0. The van der Waals surface area contributed by atoms with Crippen LogP contribution in [0.5, 0.6) is 5.75 Å². The van der Waals surface area contributed by atoms with Gasteiger partial charge in [-0.3, -0.25) is 9.69 Å². The molecule has 3 aromatic rings. The topological polar surface area (TPSA) is 45.7 Å². The number of carbonyl (C=O) groups is 1. The van der Waals surface area contributed by atoms with Crippen LogP contribution in [0, 0.1) is 11.6 Å². The summed E-state index contributed by atoms with van der Waals surface area (Å²) in [6.45, 7) is 3.19. The summed E-state index contributed by atoms with van der Waals surface area (Å²) in [5, 5.41) is 3.06. The average molecular weight is 466 g/mol. The van der Waals surface area contributed by atoms with Crippen molar-refractivity contribution in [1.82, 2.24) is 14.8 Å². The number of piperazine rings is 1. The average Bonchev–Trinajstić information content (AvgIpc) is 3.24. The first-order chi connectivity index (χ1) is 14.5. The molecular formula is C22H22ClF2N3O2S. The molecule has 9 heteroatoms. The molecule has 2 aromatic carbocycles. The zero-order valence-electron chi connectivity index (χ0n) is 16.9. The lowest BCUT2D eigenvalue weighted by Crippen LogP contribution is -2.48. The summed E-state index contributed by atoms with van der Waals surface area (Å²) in [5.74, 6) is -1.42. The summed E-state index contributed by atoms with van der Waals surface area (Å²) in [5.41, 5.74) is 2.15. The van der Waals surface area contributed by atoms with Gasteiger partial charge in [-0.25, -0.2) is 13.8 Å². The van der Waals surface area contributed by atoms with Gasteiger partial charge in [-0.05, 0) is 42.5 Å². The maximum absolute atomic E-state index is 13.4. The Morgan fingerprint density at radius 1 is 1.06 bits per heavy atom. The monoisotopic (exact) mass is 465 g/mol. The van der Waals surface area contributed by atoms with Gasteiger partial charge in [0.05, 0.1) is 19.3 Å². The first kappa shape index (κ1) is 23.1. The number of halogens is 3. The van der Waals surface area contributed by atoms with Crippen molar-refractivity contribution >= 4 is 29.7 Å². The molecular weight excluding hydrogens is 444 g/mol. The molecule has 1 aliphatic rings. The lowest BCUT2D eigenvalue weighted by molar-refractivity contribution is 0.0628. The highest BCUT2D eigenvalue weighted by atomic mass is 35.5. The fourth-order valence-corrected chi connectivity index (χ4v) is 4.23. The van der Waals surface area contributed by atoms with Crippen LogP contribution in [0.25, 0.3) is 11.3 Å². The van der Waals surface area contributed by atoms with Gasteiger partial charge in [-0.1, -0.05) is 0 Å². The van der Waals surface area contributed by atoms with Gasteiger partial charge in [-0.2, -0.15) is 0 Å². The van der Waals surface area contributed by atoms with Crippen molar-refractivity contribution in [2.75, 3.05) is 33.3 Å². The minimum atomic E-state index is -1.00. The van der Waals surface area contributed by atoms with Crippen LogP contribution in [-0.4, -0.2) is 54.0 Å². The fraction of sp³-hybridized carbons (Fsp3) is 0.273. The first-order valence-electron chi connectivity index (χ1n) is 9.59. The summed E-state index contributed by atoms with van der Waals surface area (Å²) in [7, 11) is 1.64. The van der Waals surface area contributed by atoms with Crippen LogP contribution in [0.1, 0.15) is 15.4 Å². The SMILES string of the molecule is COc1ccc(-c2csc(CN3CCN(C(=O)c4ccc(F)c(F)c4)CC3)n2)cc1.Cl. The summed E-state index contributed by atoms with van der Waals surface area (Å²) >= 11 is 1.61. The highest BCUT2D eigenvalue weighted by Crippen LogP contribution is 2.25. The van der Waals surface area contributed by atoms with Gasteiger partial charge in [0, 0.05) is 42.7 Å². The van der Waals surface area contributed by atoms with Crippen molar-refractivity contribution in [3.05, 3.63) is 70.1 Å². The van der Waals surface area contributed by atoms with Gasteiger partial charge in [0.2, 0.25) is 0 Å². The number of carbonyl (C=O) groups excluding carboxylic acids is 1. The van der Waals surface area contributed by atoms with Crippen LogP contribution in [0.4, 0.5) is 8.78 Å². The van der Waals surface area contributed by atoms with Gasteiger partial charge in [0.25, 0.3) is 5.91 Å². The maximum Gasteiger partial charge on any atom is 0.254 e. The summed E-state index contributed by atoms with van der Waals surface area (Å²) in [6, 6.07) is 11.1. The third kappa shape index (κ3) is 5.39. The van der Waals surface area contributed by atoms with E-state index >= 15 is 0 Å². The van der Waals surface area contributed by atoms with E-state index in [9.17, 15) is 13.6 Å². The number of benzene rings is 2. The number of aromatic nitrogens is 1. The van der Waals surface area contributed by atoms with Crippen molar-refractivity contribution in [3.8, 4) is 17.0 Å². The largest absolute Gasteiger partial charge is 0.497 e. The van der Waals surface area contributed by atoms with Crippen LogP contribution < -0.4 is 4.74 Å². The number of hydrogen-bond donors (Lipinski definition) is 0. The molecule has 1 amide bonds. The van der Waals surface area contributed by atoms with Gasteiger partial charge in [0.1, 0.15) is 10.8 Å². The highest BCUT2D eigenvalue weighted by molar-refractivity contribution is 7.09. The molecule has 0 aliphatic carbocycles. The van der Waals surface area contributed by atoms with E-state index in [1.165, 1.54) is 6.07 Å². The second-order valence-electron chi connectivity index (χ2n) is 7.05. The molecule has 0 radical (unpaired) electrons.